The van der Waals surface area contributed by atoms with E-state index in [2.05, 4.69) is 5.32 Å². The fourth-order valence-corrected chi connectivity index (χ4v) is 3.73. The molecular weight excluding hydrogens is 388 g/mol. The minimum Gasteiger partial charge on any atom is -0.484 e. The summed E-state index contributed by atoms with van der Waals surface area (Å²) in [4.78, 5) is 27.2. The summed E-state index contributed by atoms with van der Waals surface area (Å²) in [5, 5.41) is 3.67. The van der Waals surface area contributed by atoms with E-state index in [0.29, 0.717) is 30.4 Å². The summed E-state index contributed by atoms with van der Waals surface area (Å²) in [6, 6.07) is 14.9. The Labute approximate surface area is 177 Å². The number of rotatable bonds is 6. The van der Waals surface area contributed by atoms with Crippen molar-refractivity contribution in [3.05, 3.63) is 64.7 Å². The SMILES string of the molecule is Cc1ccccc1CNC(=O)[C@@]1(C)CCCN(C(=O)COc2ccc(Cl)cc2)C1. The van der Waals surface area contributed by atoms with Crippen LogP contribution in [0.3, 0.4) is 0 Å². The topological polar surface area (TPSA) is 58.6 Å². The number of hydrogen-bond donors (Lipinski definition) is 1. The molecule has 1 aliphatic heterocycles. The molecule has 0 aliphatic carbocycles. The Kier molecular flexibility index (Phi) is 6.80. The van der Waals surface area contributed by atoms with Crippen molar-refractivity contribution in [2.75, 3.05) is 19.7 Å². The molecule has 0 aromatic heterocycles. The van der Waals surface area contributed by atoms with Crippen molar-refractivity contribution in [1.82, 2.24) is 10.2 Å². The molecule has 0 unspecified atom stereocenters. The quantitative estimate of drug-likeness (QED) is 0.778. The van der Waals surface area contributed by atoms with Crippen molar-refractivity contribution in [2.45, 2.75) is 33.2 Å². The number of aryl methyl sites for hydroxylation is 1. The molecule has 1 heterocycles. The van der Waals surface area contributed by atoms with Crippen molar-refractivity contribution in [3.63, 3.8) is 0 Å². The zero-order chi connectivity index (χ0) is 20.9. The lowest BCUT2D eigenvalue weighted by atomic mass is 9.81. The monoisotopic (exact) mass is 414 g/mol. The number of ether oxygens (including phenoxy) is 1. The van der Waals surface area contributed by atoms with Crippen LogP contribution in [-0.4, -0.2) is 36.4 Å². The number of likely N-dealkylation sites (tertiary alicyclic amines) is 1. The molecule has 1 N–H and O–H groups in total. The molecule has 6 heteroatoms. The second kappa shape index (κ2) is 9.31. The Bertz CT molecular complexity index is 869. The molecule has 0 bridgehead atoms. The van der Waals surface area contributed by atoms with Gasteiger partial charge in [-0.2, -0.15) is 0 Å². The van der Waals surface area contributed by atoms with Crippen LogP contribution in [0.2, 0.25) is 5.02 Å². The van der Waals surface area contributed by atoms with Crippen molar-refractivity contribution >= 4 is 23.4 Å². The lowest BCUT2D eigenvalue weighted by molar-refractivity contribution is -0.142. The van der Waals surface area contributed by atoms with E-state index in [1.807, 2.05) is 38.1 Å². The van der Waals surface area contributed by atoms with Crippen LogP contribution < -0.4 is 10.1 Å². The van der Waals surface area contributed by atoms with E-state index in [9.17, 15) is 9.59 Å². The Morgan fingerprint density at radius 2 is 1.90 bits per heavy atom. The molecule has 1 saturated heterocycles. The van der Waals surface area contributed by atoms with Gasteiger partial charge < -0.3 is 15.0 Å². The predicted octanol–water partition coefficient (Wildman–Crippen LogP) is 3.97. The van der Waals surface area contributed by atoms with Gasteiger partial charge in [0.25, 0.3) is 5.91 Å². The second-order valence-corrected chi connectivity index (χ2v) is 8.27. The Balaban J connectivity index is 1.54. The summed E-state index contributed by atoms with van der Waals surface area (Å²) in [5.74, 6) is 0.466. The summed E-state index contributed by atoms with van der Waals surface area (Å²) >= 11 is 5.86. The van der Waals surface area contributed by atoms with Gasteiger partial charge >= 0.3 is 0 Å². The number of benzene rings is 2. The van der Waals surface area contributed by atoms with E-state index in [4.69, 9.17) is 16.3 Å². The van der Waals surface area contributed by atoms with Gasteiger partial charge in [-0.3, -0.25) is 9.59 Å². The van der Waals surface area contributed by atoms with Gasteiger partial charge in [0.2, 0.25) is 5.91 Å². The third kappa shape index (κ3) is 5.51. The van der Waals surface area contributed by atoms with Gasteiger partial charge in [0.15, 0.2) is 6.61 Å². The zero-order valence-electron chi connectivity index (χ0n) is 16.9. The number of hydrogen-bond acceptors (Lipinski definition) is 3. The van der Waals surface area contributed by atoms with Crippen LogP contribution in [0.25, 0.3) is 0 Å². The molecule has 1 atom stereocenters. The average molecular weight is 415 g/mol. The summed E-state index contributed by atoms with van der Waals surface area (Å²) in [7, 11) is 0. The predicted molar refractivity (Wildman–Crippen MR) is 114 cm³/mol. The highest BCUT2D eigenvalue weighted by Crippen LogP contribution is 2.30. The Morgan fingerprint density at radius 3 is 2.62 bits per heavy atom. The summed E-state index contributed by atoms with van der Waals surface area (Å²) in [5.41, 5.74) is 1.65. The second-order valence-electron chi connectivity index (χ2n) is 7.83. The van der Waals surface area contributed by atoms with Crippen molar-refractivity contribution in [3.8, 4) is 5.75 Å². The van der Waals surface area contributed by atoms with Crippen LogP contribution >= 0.6 is 11.6 Å². The molecule has 1 aliphatic rings. The van der Waals surface area contributed by atoms with E-state index in [0.717, 1.165) is 24.0 Å². The van der Waals surface area contributed by atoms with Crippen LogP contribution in [0.15, 0.2) is 48.5 Å². The minimum atomic E-state index is -0.600. The van der Waals surface area contributed by atoms with Gasteiger partial charge in [-0.05, 0) is 62.1 Å². The van der Waals surface area contributed by atoms with Crippen LogP contribution in [0.1, 0.15) is 30.9 Å². The molecule has 0 saturated carbocycles. The lowest BCUT2D eigenvalue weighted by Crippen LogP contribution is -2.52. The van der Waals surface area contributed by atoms with Gasteiger partial charge in [0, 0.05) is 24.7 Å². The highest BCUT2D eigenvalue weighted by atomic mass is 35.5. The average Bonchev–Trinajstić information content (AvgIpc) is 2.72. The van der Waals surface area contributed by atoms with Crippen molar-refractivity contribution < 1.29 is 14.3 Å². The highest BCUT2D eigenvalue weighted by molar-refractivity contribution is 6.30. The molecule has 154 valence electrons. The molecule has 3 rings (SSSR count). The number of piperidine rings is 1. The standard InChI is InChI=1S/C23H27ClN2O3/c1-17-6-3-4-7-18(17)14-25-22(28)23(2)12-5-13-26(16-23)21(27)15-29-20-10-8-19(24)9-11-20/h3-4,6-11H,5,12-16H2,1-2H3,(H,25,28)/t23-/m0/s1. The summed E-state index contributed by atoms with van der Waals surface area (Å²) in [6.07, 6.45) is 1.55. The van der Waals surface area contributed by atoms with E-state index >= 15 is 0 Å². The van der Waals surface area contributed by atoms with Gasteiger partial charge in [0.05, 0.1) is 5.41 Å². The van der Waals surface area contributed by atoms with Crippen LogP contribution in [-0.2, 0) is 16.1 Å². The highest BCUT2D eigenvalue weighted by Gasteiger charge is 2.39. The molecule has 0 spiro atoms. The molecule has 0 radical (unpaired) electrons. The summed E-state index contributed by atoms with van der Waals surface area (Å²) in [6.45, 7) is 5.45. The number of nitrogens with one attached hydrogen (secondary N) is 1. The van der Waals surface area contributed by atoms with Crippen LogP contribution in [0.4, 0.5) is 0 Å². The third-order valence-corrected chi connectivity index (χ3v) is 5.73. The molecule has 5 nitrogen and oxygen atoms in total. The number of amides is 2. The smallest absolute Gasteiger partial charge is 0.260 e. The molecular formula is C23H27ClN2O3. The van der Waals surface area contributed by atoms with E-state index < -0.39 is 5.41 Å². The van der Waals surface area contributed by atoms with Crippen molar-refractivity contribution in [1.29, 1.82) is 0 Å². The van der Waals surface area contributed by atoms with E-state index in [1.54, 1.807) is 29.2 Å². The number of halogens is 1. The van der Waals surface area contributed by atoms with Gasteiger partial charge in [0.1, 0.15) is 5.75 Å². The zero-order valence-corrected chi connectivity index (χ0v) is 17.7. The van der Waals surface area contributed by atoms with E-state index in [-0.39, 0.29) is 18.4 Å². The van der Waals surface area contributed by atoms with Crippen LogP contribution in [0.5, 0.6) is 5.75 Å². The molecule has 2 aromatic rings. The van der Waals surface area contributed by atoms with Gasteiger partial charge in [-0.25, -0.2) is 0 Å². The first kappa shape index (κ1) is 21.2. The third-order valence-electron chi connectivity index (χ3n) is 5.47. The maximum absolute atomic E-state index is 12.9. The lowest BCUT2D eigenvalue weighted by Gasteiger charge is -2.39. The fourth-order valence-electron chi connectivity index (χ4n) is 3.60. The first-order chi connectivity index (χ1) is 13.9. The fraction of sp³-hybridized carbons (Fsp3) is 0.391. The number of carbonyl (C=O) groups excluding carboxylic acids is 2. The van der Waals surface area contributed by atoms with Gasteiger partial charge in [-0.1, -0.05) is 35.9 Å². The number of carbonyl (C=O) groups is 2. The number of nitrogens with zero attached hydrogens (tertiary/aromatic N) is 1. The van der Waals surface area contributed by atoms with Crippen LogP contribution in [0, 0.1) is 12.3 Å². The molecule has 1 fully saturated rings. The molecule has 2 amide bonds. The normalized spacial score (nSPS) is 18.9. The first-order valence-electron chi connectivity index (χ1n) is 9.86. The Hall–Kier alpha value is -2.53. The minimum absolute atomic E-state index is 0.0168. The molecule has 29 heavy (non-hydrogen) atoms. The van der Waals surface area contributed by atoms with Crippen molar-refractivity contribution in [2.24, 2.45) is 5.41 Å². The maximum Gasteiger partial charge on any atom is 0.260 e. The first-order valence-corrected chi connectivity index (χ1v) is 10.2. The van der Waals surface area contributed by atoms with E-state index in [1.165, 1.54) is 0 Å². The van der Waals surface area contributed by atoms with Gasteiger partial charge in [-0.15, -0.1) is 0 Å². The maximum atomic E-state index is 12.9. The Morgan fingerprint density at radius 1 is 1.17 bits per heavy atom. The largest absolute Gasteiger partial charge is 0.484 e. The molecule has 2 aromatic carbocycles. The summed E-state index contributed by atoms with van der Waals surface area (Å²) < 4.78 is 5.57.